The summed E-state index contributed by atoms with van der Waals surface area (Å²) in [6, 6.07) is 10.1. The number of ether oxygens (including phenoxy) is 1. The average Bonchev–Trinajstić information content (AvgIpc) is 3.37. The van der Waals surface area contributed by atoms with Crippen molar-refractivity contribution in [1.82, 2.24) is 10.2 Å². The Labute approximate surface area is 192 Å². The second-order valence-corrected chi connectivity index (χ2v) is 8.67. The lowest BCUT2D eigenvalue weighted by atomic mass is 9.98. The number of amides is 1. The molecule has 2 aromatic heterocycles. The lowest BCUT2D eigenvalue weighted by molar-refractivity contribution is 0.0970. The van der Waals surface area contributed by atoms with Crippen LogP contribution in [0.25, 0.3) is 11.0 Å². The second-order valence-electron chi connectivity index (χ2n) is 7.63. The third-order valence-corrected chi connectivity index (χ3v) is 6.43. The molecule has 2 aromatic carbocycles. The number of nitrogens with zero attached hydrogens (tertiary/aromatic N) is 3. The number of anilines is 1. The third kappa shape index (κ3) is 3.58. The van der Waals surface area contributed by atoms with Crippen molar-refractivity contribution >= 4 is 33.3 Å². The van der Waals surface area contributed by atoms with Crippen molar-refractivity contribution in [3.8, 4) is 5.75 Å². The van der Waals surface area contributed by atoms with E-state index in [1.54, 1.807) is 18.2 Å². The molecule has 4 aromatic rings. The van der Waals surface area contributed by atoms with Gasteiger partial charge in [0.2, 0.25) is 10.9 Å². The maximum absolute atomic E-state index is 13.9. The van der Waals surface area contributed by atoms with Crippen molar-refractivity contribution in [3.63, 3.8) is 0 Å². The molecule has 1 atom stereocenters. The van der Waals surface area contributed by atoms with Crippen molar-refractivity contribution in [2.75, 3.05) is 11.5 Å². The van der Waals surface area contributed by atoms with E-state index in [0.29, 0.717) is 23.1 Å². The average molecular weight is 466 g/mol. The first-order chi connectivity index (χ1) is 16.0. The molecule has 0 unspecified atom stereocenters. The molecule has 0 saturated heterocycles. The maximum Gasteiger partial charge on any atom is 0.297 e. The zero-order valence-electron chi connectivity index (χ0n) is 18.0. The Hall–Kier alpha value is -3.59. The van der Waals surface area contributed by atoms with Gasteiger partial charge in [0.25, 0.3) is 5.91 Å². The van der Waals surface area contributed by atoms with E-state index in [1.165, 1.54) is 28.4 Å². The Morgan fingerprint density at radius 2 is 2.00 bits per heavy atom. The lowest BCUT2D eigenvalue weighted by Crippen LogP contribution is -2.29. The van der Waals surface area contributed by atoms with Crippen molar-refractivity contribution < 1.29 is 18.3 Å². The van der Waals surface area contributed by atoms with Gasteiger partial charge in [-0.15, -0.1) is 10.2 Å². The Balaban J connectivity index is 1.75. The van der Waals surface area contributed by atoms with E-state index in [1.807, 2.05) is 19.9 Å². The normalized spacial score (nSPS) is 15.3. The molecule has 1 aliphatic rings. The van der Waals surface area contributed by atoms with Crippen LogP contribution >= 0.6 is 11.3 Å². The van der Waals surface area contributed by atoms with Gasteiger partial charge in [-0.3, -0.25) is 14.5 Å². The monoisotopic (exact) mass is 465 g/mol. The molecule has 0 fully saturated rings. The predicted octanol–water partition coefficient (Wildman–Crippen LogP) is 4.88. The third-order valence-electron chi connectivity index (χ3n) is 5.44. The number of carbonyl (C=O) groups excluding carboxylic acids is 1. The molecule has 3 heterocycles. The molecule has 0 spiro atoms. The summed E-state index contributed by atoms with van der Waals surface area (Å²) in [5, 5.41) is 9.69. The van der Waals surface area contributed by atoms with Crippen LogP contribution in [0, 0.1) is 5.82 Å². The zero-order valence-corrected chi connectivity index (χ0v) is 18.8. The highest BCUT2D eigenvalue weighted by atomic mass is 32.1. The van der Waals surface area contributed by atoms with E-state index in [0.717, 1.165) is 23.9 Å². The summed E-state index contributed by atoms with van der Waals surface area (Å²) in [4.78, 5) is 28.5. The lowest BCUT2D eigenvalue weighted by Gasteiger charge is -2.22. The van der Waals surface area contributed by atoms with Gasteiger partial charge in [0.15, 0.2) is 5.43 Å². The molecule has 33 heavy (non-hydrogen) atoms. The fourth-order valence-electron chi connectivity index (χ4n) is 4.06. The van der Waals surface area contributed by atoms with E-state index in [-0.39, 0.29) is 22.3 Å². The van der Waals surface area contributed by atoms with E-state index in [2.05, 4.69) is 10.2 Å². The Bertz CT molecular complexity index is 1430. The van der Waals surface area contributed by atoms with Crippen LogP contribution in [0.2, 0.25) is 0 Å². The van der Waals surface area contributed by atoms with Crippen molar-refractivity contribution in [2.24, 2.45) is 0 Å². The molecule has 0 saturated carbocycles. The van der Waals surface area contributed by atoms with Gasteiger partial charge >= 0.3 is 0 Å². The van der Waals surface area contributed by atoms with Gasteiger partial charge in [0.05, 0.1) is 23.6 Å². The summed E-state index contributed by atoms with van der Waals surface area (Å²) < 4.78 is 25.4. The van der Waals surface area contributed by atoms with Crippen LogP contribution in [0.3, 0.4) is 0 Å². The van der Waals surface area contributed by atoms with Gasteiger partial charge in [0, 0.05) is 6.42 Å². The zero-order chi connectivity index (χ0) is 23.1. The summed E-state index contributed by atoms with van der Waals surface area (Å²) in [6.45, 7) is 4.38. The largest absolute Gasteiger partial charge is 0.494 e. The quantitative estimate of drug-likeness (QED) is 0.403. The summed E-state index contributed by atoms with van der Waals surface area (Å²) in [6.07, 6.45) is 1.62. The SMILES string of the molecule is CCCc1nnc(N2C(=O)c3oc4ccc(F)cc4c(=O)c3[C@H]2c2cccc(OCC)c2)s1. The fourth-order valence-corrected chi connectivity index (χ4v) is 5.02. The molecular weight excluding hydrogens is 445 g/mol. The second kappa shape index (κ2) is 8.40. The summed E-state index contributed by atoms with van der Waals surface area (Å²) >= 11 is 1.30. The Morgan fingerprint density at radius 3 is 2.79 bits per heavy atom. The van der Waals surface area contributed by atoms with Gasteiger partial charge in [-0.25, -0.2) is 4.39 Å². The van der Waals surface area contributed by atoms with E-state index < -0.39 is 23.2 Å². The summed E-state index contributed by atoms with van der Waals surface area (Å²) in [5.74, 6) is -0.507. The first-order valence-corrected chi connectivity index (χ1v) is 11.5. The van der Waals surface area contributed by atoms with Gasteiger partial charge < -0.3 is 9.15 Å². The Kier molecular flexibility index (Phi) is 5.41. The van der Waals surface area contributed by atoms with Crippen molar-refractivity contribution in [2.45, 2.75) is 32.7 Å². The van der Waals surface area contributed by atoms with E-state index in [4.69, 9.17) is 9.15 Å². The molecular formula is C24H20FN3O4S. The van der Waals surface area contributed by atoms with E-state index in [9.17, 15) is 14.0 Å². The smallest absolute Gasteiger partial charge is 0.297 e. The number of aryl methyl sites for hydroxylation is 1. The number of halogens is 1. The molecule has 1 aliphatic heterocycles. The molecule has 5 rings (SSSR count). The molecule has 168 valence electrons. The van der Waals surface area contributed by atoms with Crippen LogP contribution in [0.15, 0.2) is 51.7 Å². The van der Waals surface area contributed by atoms with Crippen LogP contribution < -0.4 is 15.1 Å². The number of hydrogen-bond acceptors (Lipinski definition) is 7. The first kappa shape index (κ1) is 21.3. The minimum Gasteiger partial charge on any atom is -0.494 e. The fraction of sp³-hybridized carbons (Fsp3) is 0.250. The summed E-state index contributed by atoms with van der Waals surface area (Å²) in [7, 11) is 0. The minimum absolute atomic E-state index is 0.0711. The first-order valence-electron chi connectivity index (χ1n) is 10.7. The number of carbonyl (C=O) groups is 1. The molecule has 1 amide bonds. The van der Waals surface area contributed by atoms with Crippen LogP contribution in [-0.4, -0.2) is 22.7 Å². The molecule has 0 radical (unpaired) electrons. The highest BCUT2D eigenvalue weighted by Gasteiger charge is 2.45. The van der Waals surface area contributed by atoms with Gasteiger partial charge in [-0.05, 0) is 49.2 Å². The maximum atomic E-state index is 13.9. The highest BCUT2D eigenvalue weighted by molar-refractivity contribution is 7.15. The van der Waals surface area contributed by atoms with Crippen LogP contribution in [0.4, 0.5) is 9.52 Å². The highest BCUT2D eigenvalue weighted by Crippen LogP contribution is 2.42. The van der Waals surface area contributed by atoms with Gasteiger partial charge in [0.1, 0.15) is 22.2 Å². The molecule has 0 bridgehead atoms. The Morgan fingerprint density at radius 1 is 1.15 bits per heavy atom. The van der Waals surface area contributed by atoms with Crippen LogP contribution in [0.1, 0.15) is 53.0 Å². The van der Waals surface area contributed by atoms with Crippen LogP contribution in [-0.2, 0) is 6.42 Å². The summed E-state index contributed by atoms with van der Waals surface area (Å²) in [5.41, 5.74) is 0.509. The number of benzene rings is 2. The number of rotatable bonds is 6. The van der Waals surface area contributed by atoms with Crippen molar-refractivity contribution in [1.29, 1.82) is 0 Å². The topological polar surface area (TPSA) is 85.5 Å². The number of aromatic nitrogens is 2. The predicted molar refractivity (Wildman–Crippen MR) is 123 cm³/mol. The van der Waals surface area contributed by atoms with Crippen molar-refractivity contribution in [3.05, 3.63) is 80.4 Å². The molecule has 9 heteroatoms. The van der Waals surface area contributed by atoms with E-state index >= 15 is 0 Å². The molecule has 7 nitrogen and oxygen atoms in total. The molecule has 0 aliphatic carbocycles. The standard InChI is InChI=1S/C24H20FN3O4S/c1-3-6-18-26-27-24(33-18)28-20(13-7-5-8-15(11-13)31-4-2)19-21(29)16-12-14(25)9-10-17(16)32-22(19)23(28)30/h5,7-12,20H,3-4,6H2,1-2H3/t20-/m1/s1. The van der Waals surface area contributed by atoms with Gasteiger partial charge in [-0.2, -0.15) is 0 Å². The van der Waals surface area contributed by atoms with Gasteiger partial charge in [-0.1, -0.05) is 30.4 Å². The van der Waals surface area contributed by atoms with Crippen LogP contribution in [0.5, 0.6) is 5.75 Å². The number of fused-ring (bicyclic) bond motifs is 2. The minimum atomic E-state index is -0.806. The molecule has 0 N–H and O–H groups in total. The number of hydrogen-bond donors (Lipinski definition) is 0.